The van der Waals surface area contributed by atoms with Gasteiger partial charge in [-0.25, -0.2) is 9.37 Å². The molecule has 2 aromatic rings. The highest BCUT2D eigenvalue weighted by atomic mass is 19.1. The molecule has 0 radical (unpaired) electrons. The average Bonchev–Trinajstić information content (AvgIpc) is 2.41. The minimum atomic E-state index is -0.849. The Bertz CT molecular complexity index is 646. The zero-order valence-corrected chi connectivity index (χ0v) is 10.5. The van der Waals surface area contributed by atoms with E-state index in [1.807, 2.05) is 0 Å². The van der Waals surface area contributed by atoms with Crippen LogP contribution in [0.4, 0.5) is 10.1 Å². The van der Waals surface area contributed by atoms with Gasteiger partial charge in [-0.15, -0.1) is 0 Å². The molecule has 1 N–H and O–H groups in total. The summed E-state index contributed by atoms with van der Waals surface area (Å²) in [6.07, 6.45) is 0.578. The molecule has 0 saturated carbocycles. The Morgan fingerprint density at radius 3 is 2.85 bits per heavy atom. The highest BCUT2D eigenvalue weighted by molar-refractivity contribution is 5.48. The van der Waals surface area contributed by atoms with E-state index >= 15 is 0 Å². The standard InChI is InChI=1S/C13H11FN2O4/c1-8(17)10-3-2-6-15-13(10)20-12-5-4-9(14)7-11(12)16(18)19/h2-8,17H,1H3. The van der Waals surface area contributed by atoms with Gasteiger partial charge < -0.3 is 9.84 Å². The molecule has 0 spiro atoms. The second-order valence-corrected chi connectivity index (χ2v) is 4.04. The predicted molar refractivity (Wildman–Crippen MR) is 68.0 cm³/mol. The summed E-state index contributed by atoms with van der Waals surface area (Å²) in [4.78, 5) is 14.0. The van der Waals surface area contributed by atoms with Crippen molar-refractivity contribution in [2.45, 2.75) is 13.0 Å². The summed E-state index contributed by atoms with van der Waals surface area (Å²) < 4.78 is 18.4. The van der Waals surface area contributed by atoms with Crippen LogP contribution in [-0.2, 0) is 0 Å². The van der Waals surface area contributed by atoms with Gasteiger partial charge in [-0.2, -0.15) is 0 Å². The first kappa shape index (κ1) is 13.9. The number of hydrogen-bond donors (Lipinski definition) is 1. The van der Waals surface area contributed by atoms with E-state index in [-0.39, 0.29) is 11.6 Å². The van der Waals surface area contributed by atoms with Crippen molar-refractivity contribution in [3.05, 3.63) is 58.0 Å². The van der Waals surface area contributed by atoms with Crippen molar-refractivity contribution in [1.82, 2.24) is 4.98 Å². The van der Waals surface area contributed by atoms with Crippen LogP contribution >= 0.6 is 0 Å². The number of hydrogen-bond acceptors (Lipinski definition) is 5. The Morgan fingerprint density at radius 1 is 1.45 bits per heavy atom. The molecule has 104 valence electrons. The third kappa shape index (κ3) is 2.89. The molecule has 7 heteroatoms. The number of aromatic nitrogens is 1. The van der Waals surface area contributed by atoms with Crippen molar-refractivity contribution >= 4 is 5.69 Å². The van der Waals surface area contributed by atoms with Gasteiger partial charge in [0.25, 0.3) is 0 Å². The van der Waals surface area contributed by atoms with E-state index in [1.165, 1.54) is 13.1 Å². The molecule has 0 bridgehead atoms. The smallest absolute Gasteiger partial charge is 0.314 e. The summed E-state index contributed by atoms with van der Waals surface area (Å²) in [7, 11) is 0. The summed E-state index contributed by atoms with van der Waals surface area (Å²) in [5.41, 5.74) is -0.127. The molecule has 0 amide bonds. The van der Waals surface area contributed by atoms with Crippen LogP contribution in [-0.4, -0.2) is 15.0 Å². The molecule has 0 fully saturated rings. The molecular weight excluding hydrogens is 267 g/mol. The Morgan fingerprint density at radius 2 is 2.20 bits per heavy atom. The van der Waals surface area contributed by atoms with Gasteiger partial charge in [0.05, 0.1) is 17.1 Å². The van der Waals surface area contributed by atoms with Gasteiger partial charge in [-0.3, -0.25) is 10.1 Å². The van der Waals surface area contributed by atoms with E-state index in [9.17, 15) is 19.6 Å². The number of aliphatic hydroxyl groups excluding tert-OH is 1. The summed E-state index contributed by atoms with van der Waals surface area (Å²) in [5.74, 6) is -0.838. The summed E-state index contributed by atoms with van der Waals surface area (Å²) in [6, 6.07) is 6.15. The molecule has 1 aromatic heterocycles. The molecule has 0 aliphatic rings. The Balaban J connectivity index is 2.43. The van der Waals surface area contributed by atoms with E-state index in [4.69, 9.17) is 4.74 Å². The molecule has 2 rings (SSSR count). The van der Waals surface area contributed by atoms with Gasteiger partial charge in [0, 0.05) is 11.8 Å². The third-order valence-corrected chi connectivity index (χ3v) is 2.57. The van der Waals surface area contributed by atoms with Crippen molar-refractivity contribution < 1.29 is 19.2 Å². The van der Waals surface area contributed by atoms with E-state index < -0.39 is 22.5 Å². The van der Waals surface area contributed by atoms with Crippen molar-refractivity contribution in [2.24, 2.45) is 0 Å². The quantitative estimate of drug-likeness (QED) is 0.686. The predicted octanol–water partition coefficient (Wildman–Crippen LogP) is 2.97. The number of nitrogens with zero attached hydrogens (tertiary/aromatic N) is 2. The average molecular weight is 278 g/mol. The number of rotatable bonds is 4. The van der Waals surface area contributed by atoms with E-state index in [1.54, 1.807) is 12.1 Å². The largest absolute Gasteiger partial charge is 0.431 e. The van der Waals surface area contributed by atoms with Crippen molar-refractivity contribution in [3.8, 4) is 11.6 Å². The van der Waals surface area contributed by atoms with E-state index in [0.717, 1.165) is 18.2 Å². The third-order valence-electron chi connectivity index (χ3n) is 2.57. The summed E-state index contributed by atoms with van der Waals surface area (Å²) >= 11 is 0. The first-order valence-corrected chi connectivity index (χ1v) is 5.74. The maximum atomic E-state index is 13.0. The summed E-state index contributed by atoms with van der Waals surface area (Å²) in [6.45, 7) is 1.52. The SMILES string of the molecule is CC(O)c1cccnc1Oc1ccc(F)cc1[N+](=O)[O-]. The fourth-order valence-electron chi connectivity index (χ4n) is 1.63. The monoisotopic (exact) mass is 278 g/mol. The first-order chi connectivity index (χ1) is 9.49. The number of pyridine rings is 1. The molecular formula is C13H11FN2O4. The van der Waals surface area contributed by atoms with Crippen molar-refractivity contribution in [1.29, 1.82) is 0 Å². The van der Waals surface area contributed by atoms with Gasteiger partial charge in [-0.05, 0) is 31.2 Å². The van der Waals surface area contributed by atoms with E-state index in [0.29, 0.717) is 5.56 Å². The molecule has 0 saturated heterocycles. The number of nitro benzene ring substituents is 1. The number of halogens is 1. The highest BCUT2D eigenvalue weighted by Gasteiger charge is 2.19. The molecule has 1 atom stereocenters. The molecule has 0 aliphatic heterocycles. The van der Waals surface area contributed by atoms with Gasteiger partial charge >= 0.3 is 5.69 Å². The zero-order valence-electron chi connectivity index (χ0n) is 10.5. The molecule has 20 heavy (non-hydrogen) atoms. The van der Waals surface area contributed by atoms with Gasteiger partial charge in [0.2, 0.25) is 11.6 Å². The van der Waals surface area contributed by atoms with Crippen LogP contribution in [0.1, 0.15) is 18.6 Å². The molecule has 6 nitrogen and oxygen atoms in total. The second kappa shape index (κ2) is 5.62. The second-order valence-electron chi connectivity index (χ2n) is 4.04. The minimum absolute atomic E-state index is 0.0391. The van der Waals surface area contributed by atoms with Crippen LogP contribution in [0.25, 0.3) is 0 Å². The normalized spacial score (nSPS) is 11.9. The fraction of sp³-hybridized carbons (Fsp3) is 0.154. The van der Waals surface area contributed by atoms with Crippen LogP contribution < -0.4 is 4.74 Å². The molecule has 1 heterocycles. The Kier molecular flexibility index (Phi) is 3.90. The Labute approximate surface area is 113 Å². The van der Waals surface area contributed by atoms with Gasteiger partial charge in [0.1, 0.15) is 5.82 Å². The lowest BCUT2D eigenvalue weighted by molar-refractivity contribution is -0.385. The van der Waals surface area contributed by atoms with Crippen LogP contribution in [0.2, 0.25) is 0 Å². The lowest BCUT2D eigenvalue weighted by Gasteiger charge is -2.11. The number of ether oxygens (including phenoxy) is 1. The lowest BCUT2D eigenvalue weighted by atomic mass is 10.2. The van der Waals surface area contributed by atoms with Crippen LogP contribution in [0.15, 0.2) is 36.5 Å². The Hall–Kier alpha value is -2.54. The van der Waals surface area contributed by atoms with Gasteiger partial charge in [0.15, 0.2) is 0 Å². The molecule has 0 aliphatic carbocycles. The zero-order chi connectivity index (χ0) is 14.7. The number of aliphatic hydroxyl groups is 1. The number of benzene rings is 1. The van der Waals surface area contributed by atoms with Crippen LogP contribution in [0.3, 0.4) is 0 Å². The van der Waals surface area contributed by atoms with Crippen LogP contribution in [0.5, 0.6) is 11.6 Å². The van der Waals surface area contributed by atoms with E-state index in [2.05, 4.69) is 4.98 Å². The summed E-state index contributed by atoms with van der Waals surface area (Å²) in [5, 5.41) is 20.5. The van der Waals surface area contributed by atoms with Gasteiger partial charge in [-0.1, -0.05) is 0 Å². The number of nitro groups is 1. The fourth-order valence-corrected chi connectivity index (χ4v) is 1.63. The molecule has 1 unspecified atom stereocenters. The maximum absolute atomic E-state index is 13.0. The van der Waals surface area contributed by atoms with Crippen LogP contribution in [0, 0.1) is 15.9 Å². The first-order valence-electron chi connectivity index (χ1n) is 5.74. The maximum Gasteiger partial charge on any atom is 0.314 e. The lowest BCUT2D eigenvalue weighted by Crippen LogP contribution is -2.00. The minimum Gasteiger partial charge on any atom is -0.431 e. The van der Waals surface area contributed by atoms with Crippen molar-refractivity contribution in [3.63, 3.8) is 0 Å². The topological polar surface area (TPSA) is 85.5 Å². The molecule has 1 aromatic carbocycles. The van der Waals surface area contributed by atoms with Crippen molar-refractivity contribution in [2.75, 3.05) is 0 Å². The highest BCUT2D eigenvalue weighted by Crippen LogP contribution is 2.33.